The van der Waals surface area contributed by atoms with Crippen LogP contribution in [0.1, 0.15) is 44.9 Å². The number of nitrogens with zero attached hydrogens (tertiary/aromatic N) is 1. The Hall–Kier alpha value is -1.63. The van der Waals surface area contributed by atoms with Crippen molar-refractivity contribution in [1.82, 2.24) is 4.90 Å². The van der Waals surface area contributed by atoms with Crippen molar-refractivity contribution in [2.24, 2.45) is 29.4 Å². The number of carboxylic acid groups (broad SMARTS) is 1. The van der Waals surface area contributed by atoms with E-state index in [0.717, 1.165) is 38.5 Å². The van der Waals surface area contributed by atoms with Crippen LogP contribution in [-0.2, 0) is 19.1 Å². The van der Waals surface area contributed by atoms with Crippen molar-refractivity contribution in [2.75, 3.05) is 19.7 Å². The molecule has 3 fully saturated rings. The SMILES string of the molecule is NC(=O)[C@H]1CCO[C@@H]1C1CCN(C(=O)C(C(=O)O)C2CCCC2)CC1. The second-order valence-electron chi connectivity index (χ2n) is 7.66. The highest BCUT2D eigenvalue weighted by atomic mass is 16.5. The number of carbonyl (C=O) groups excluding carboxylic acids is 2. The second-order valence-corrected chi connectivity index (χ2v) is 7.66. The Morgan fingerprint density at radius 2 is 1.68 bits per heavy atom. The van der Waals surface area contributed by atoms with Crippen molar-refractivity contribution < 1.29 is 24.2 Å². The lowest BCUT2D eigenvalue weighted by Gasteiger charge is -2.37. The number of primary amides is 1. The number of carboxylic acids is 1. The first-order valence-corrected chi connectivity index (χ1v) is 9.41. The molecule has 0 aromatic carbocycles. The van der Waals surface area contributed by atoms with Gasteiger partial charge in [-0.25, -0.2) is 0 Å². The Morgan fingerprint density at radius 1 is 1.04 bits per heavy atom. The highest BCUT2D eigenvalue weighted by molar-refractivity contribution is 5.97. The number of piperidine rings is 1. The van der Waals surface area contributed by atoms with E-state index in [1.807, 2.05) is 0 Å². The number of likely N-dealkylation sites (tertiary alicyclic amines) is 1. The second kappa shape index (κ2) is 7.72. The molecule has 0 spiro atoms. The van der Waals surface area contributed by atoms with Gasteiger partial charge in [0, 0.05) is 19.7 Å². The molecule has 25 heavy (non-hydrogen) atoms. The van der Waals surface area contributed by atoms with Crippen molar-refractivity contribution in [3.05, 3.63) is 0 Å². The first-order chi connectivity index (χ1) is 12.0. The van der Waals surface area contributed by atoms with Gasteiger partial charge in [0.05, 0.1) is 12.0 Å². The average molecular weight is 352 g/mol. The van der Waals surface area contributed by atoms with Gasteiger partial charge in [0.2, 0.25) is 11.8 Å². The number of carbonyl (C=O) groups is 3. The molecular weight excluding hydrogens is 324 g/mol. The fourth-order valence-electron chi connectivity index (χ4n) is 4.82. The zero-order valence-electron chi connectivity index (χ0n) is 14.6. The number of nitrogens with two attached hydrogens (primary N) is 1. The summed E-state index contributed by atoms with van der Waals surface area (Å²) in [4.78, 5) is 37.7. The summed E-state index contributed by atoms with van der Waals surface area (Å²) in [5, 5.41) is 9.54. The van der Waals surface area contributed by atoms with Crippen LogP contribution in [0.15, 0.2) is 0 Å². The van der Waals surface area contributed by atoms with E-state index in [1.54, 1.807) is 4.90 Å². The lowest BCUT2D eigenvalue weighted by atomic mass is 9.83. The number of hydrogen-bond acceptors (Lipinski definition) is 4. The van der Waals surface area contributed by atoms with Gasteiger partial charge in [-0.2, -0.15) is 0 Å². The van der Waals surface area contributed by atoms with Crippen molar-refractivity contribution in [2.45, 2.75) is 51.0 Å². The first kappa shape index (κ1) is 18.2. The normalized spacial score (nSPS) is 29.7. The van der Waals surface area contributed by atoms with Crippen LogP contribution in [0.5, 0.6) is 0 Å². The zero-order valence-corrected chi connectivity index (χ0v) is 14.6. The van der Waals surface area contributed by atoms with E-state index in [0.29, 0.717) is 26.1 Å². The third-order valence-electron chi connectivity index (χ3n) is 6.22. The Bertz CT molecular complexity index is 524. The number of aliphatic carboxylic acids is 1. The van der Waals surface area contributed by atoms with E-state index in [1.165, 1.54) is 0 Å². The van der Waals surface area contributed by atoms with Crippen LogP contribution in [0.2, 0.25) is 0 Å². The largest absolute Gasteiger partial charge is 0.481 e. The molecule has 3 N–H and O–H groups in total. The van der Waals surface area contributed by atoms with Gasteiger partial charge in [-0.05, 0) is 43.9 Å². The quantitative estimate of drug-likeness (QED) is 0.718. The minimum Gasteiger partial charge on any atom is -0.481 e. The van der Waals surface area contributed by atoms with Crippen LogP contribution >= 0.6 is 0 Å². The molecule has 2 amide bonds. The van der Waals surface area contributed by atoms with Crippen molar-refractivity contribution in [1.29, 1.82) is 0 Å². The number of amides is 2. The van der Waals surface area contributed by atoms with Crippen molar-refractivity contribution in [3.8, 4) is 0 Å². The topological polar surface area (TPSA) is 110 Å². The fraction of sp³-hybridized carbons (Fsp3) is 0.833. The molecule has 3 aliphatic rings. The monoisotopic (exact) mass is 352 g/mol. The summed E-state index contributed by atoms with van der Waals surface area (Å²) in [5.41, 5.74) is 5.46. The van der Waals surface area contributed by atoms with Crippen LogP contribution < -0.4 is 5.73 Å². The van der Waals surface area contributed by atoms with E-state index >= 15 is 0 Å². The standard InChI is InChI=1S/C18H28N2O5/c19-16(21)13-7-10-25-15(13)12-5-8-20(9-6-12)17(22)14(18(23)24)11-3-1-2-4-11/h11-15H,1-10H2,(H2,19,21)(H,23,24)/t13-,14?,15+/m0/s1. The summed E-state index contributed by atoms with van der Waals surface area (Å²) < 4.78 is 5.73. The molecule has 2 heterocycles. The van der Waals surface area contributed by atoms with E-state index in [9.17, 15) is 19.5 Å². The Kier molecular flexibility index (Phi) is 5.61. The lowest BCUT2D eigenvalue weighted by Crippen LogP contribution is -2.48. The minimum atomic E-state index is -0.994. The number of rotatable bonds is 5. The van der Waals surface area contributed by atoms with E-state index in [2.05, 4.69) is 0 Å². The minimum absolute atomic E-state index is 0.0277. The third kappa shape index (κ3) is 3.81. The Balaban J connectivity index is 1.58. The summed E-state index contributed by atoms with van der Waals surface area (Å²) in [5.74, 6) is -2.51. The maximum atomic E-state index is 12.8. The Labute approximate surface area is 147 Å². The molecule has 3 atom stereocenters. The van der Waals surface area contributed by atoms with Crippen LogP contribution in [0.4, 0.5) is 0 Å². The van der Waals surface area contributed by atoms with Crippen LogP contribution in [0.3, 0.4) is 0 Å². The summed E-state index contributed by atoms with van der Waals surface area (Å²) in [6.07, 6.45) is 5.66. The molecule has 0 radical (unpaired) electrons. The summed E-state index contributed by atoms with van der Waals surface area (Å²) in [6, 6.07) is 0. The summed E-state index contributed by atoms with van der Waals surface area (Å²) >= 11 is 0. The molecule has 140 valence electrons. The molecule has 3 rings (SSSR count). The predicted molar refractivity (Wildman–Crippen MR) is 89.4 cm³/mol. The fourth-order valence-corrected chi connectivity index (χ4v) is 4.82. The number of ether oxygens (including phenoxy) is 1. The van der Waals surface area contributed by atoms with E-state index in [-0.39, 0.29) is 35.7 Å². The molecule has 7 nitrogen and oxygen atoms in total. The van der Waals surface area contributed by atoms with Crippen LogP contribution in [0, 0.1) is 23.7 Å². The molecule has 2 saturated heterocycles. The summed E-state index contributed by atoms with van der Waals surface area (Å²) in [6.45, 7) is 1.62. The lowest BCUT2D eigenvalue weighted by molar-refractivity contribution is -0.155. The first-order valence-electron chi connectivity index (χ1n) is 9.41. The van der Waals surface area contributed by atoms with Gasteiger partial charge in [0.25, 0.3) is 0 Å². The van der Waals surface area contributed by atoms with Crippen molar-refractivity contribution >= 4 is 17.8 Å². The van der Waals surface area contributed by atoms with Crippen molar-refractivity contribution in [3.63, 3.8) is 0 Å². The predicted octanol–water partition coefficient (Wildman–Crippen LogP) is 1.01. The van der Waals surface area contributed by atoms with Crippen LogP contribution in [0.25, 0.3) is 0 Å². The average Bonchev–Trinajstić information content (AvgIpc) is 3.26. The van der Waals surface area contributed by atoms with Gasteiger partial charge < -0.3 is 20.5 Å². The smallest absolute Gasteiger partial charge is 0.316 e. The maximum Gasteiger partial charge on any atom is 0.316 e. The molecule has 1 aliphatic carbocycles. The molecule has 7 heteroatoms. The van der Waals surface area contributed by atoms with E-state index in [4.69, 9.17) is 10.5 Å². The van der Waals surface area contributed by atoms with Gasteiger partial charge >= 0.3 is 5.97 Å². The third-order valence-corrected chi connectivity index (χ3v) is 6.22. The molecular formula is C18H28N2O5. The molecule has 1 saturated carbocycles. The van der Waals surface area contributed by atoms with Crippen LogP contribution in [-0.4, -0.2) is 53.6 Å². The van der Waals surface area contributed by atoms with Gasteiger partial charge in [0.1, 0.15) is 5.92 Å². The van der Waals surface area contributed by atoms with Gasteiger partial charge in [0.15, 0.2) is 0 Å². The molecule has 2 aliphatic heterocycles. The van der Waals surface area contributed by atoms with Gasteiger partial charge in [-0.15, -0.1) is 0 Å². The number of hydrogen-bond donors (Lipinski definition) is 2. The molecule has 0 aromatic heterocycles. The van der Waals surface area contributed by atoms with Gasteiger partial charge in [-0.1, -0.05) is 12.8 Å². The maximum absolute atomic E-state index is 12.8. The molecule has 1 unspecified atom stereocenters. The molecule has 0 aromatic rings. The van der Waals surface area contributed by atoms with Gasteiger partial charge in [-0.3, -0.25) is 14.4 Å². The zero-order chi connectivity index (χ0) is 18.0. The molecule has 0 bridgehead atoms. The highest BCUT2D eigenvalue weighted by Gasteiger charge is 2.43. The Morgan fingerprint density at radius 3 is 2.24 bits per heavy atom. The van der Waals surface area contributed by atoms with E-state index < -0.39 is 11.9 Å². The highest BCUT2D eigenvalue weighted by Crippen LogP contribution is 2.36. The summed E-state index contributed by atoms with van der Waals surface area (Å²) in [7, 11) is 0.